The average Bonchev–Trinajstić information content (AvgIpc) is 2.72. The minimum Gasteiger partial charge on any atom is -0.309 e. The first-order valence-electron chi connectivity index (χ1n) is 5.23. The smallest absolute Gasteiger partial charge is 0.0643 e. The fourth-order valence-corrected chi connectivity index (χ4v) is 2.25. The molecule has 2 rings (SSSR count). The molecule has 1 atom stereocenters. The molecule has 0 fully saturated rings. The summed E-state index contributed by atoms with van der Waals surface area (Å²) in [5.74, 6) is 0. The molecule has 2 aromatic rings. The molecular formula is C12H13Cl2N3. The molecule has 0 saturated heterocycles. The highest BCUT2D eigenvalue weighted by molar-refractivity contribution is 6.42. The maximum atomic E-state index is 6.22. The standard InChI is InChI=1S/C12H13Cl2N3/c1-15-12(8-6-16-17(2)7-8)9-4-3-5-10(13)11(9)14/h3-7,12,15H,1-2H3. The molecule has 0 aliphatic rings. The van der Waals surface area contributed by atoms with Crippen LogP contribution in [0.5, 0.6) is 0 Å². The first-order valence-corrected chi connectivity index (χ1v) is 5.98. The average molecular weight is 270 g/mol. The Morgan fingerprint density at radius 3 is 2.71 bits per heavy atom. The topological polar surface area (TPSA) is 29.9 Å². The van der Waals surface area contributed by atoms with Crippen molar-refractivity contribution in [2.24, 2.45) is 7.05 Å². The molecule has 1 aromatic heterocycles. The Hall–Kier alpha value is -1.03. The quantitative estimate of drug-likeness (QED) is 0.929. The largest absolute Gasteiger partial charge is 0.309 e. The number of rotatable bonds is 3. The highest BCUT2D eigenvalue weighted by Crippen LogP contribution is 2.32. The van der Waals surface area contributed by atoms with E-state index >= 15 is 0 Å². The molecule has 1 aromatic carbocycles. The lowest BCUT2D eigenvalue weighted by Gasteiger charge is -2.17. The van der Waals surface area contributed by atoms with Crippen LogP contribution in [0.2, 0.25) is 10.0 Å². The molecule has 3 nitrogen and oxygen atoms in total. The van der Waals surface area contributed by atoms with Crippen LogP contribution in [-0.4, -0.2) is 16.8 Å². The van der Waals surface area contributed by atoms with Gasteiger partial charge in [-0.1, -0.05) is 35.3 Å². The normalized spacial score (nSPS) is 12.7. The molecule has 1 heterocycles. The number of nitrogens with zero attached hydrogens (tertiary/aromatic N) is 2. The van der Waals surface area contributed by atoms with Crippen molar-refractivity contribution in [2.45, 2.75) is 6.04 Å². The molecule has 0 amide bonds. The van der Waals surface area contributed by atoms with Gasteiger partial charge in [0.1, 0.15) is 0 Å². The van der Waals surface area contributed by atoms with E-state index in [0.717, 1.165) is 11.1 Å². The van der Waals surface area contributed by atoms with Crippen LogP contribution in [0.3, 0.4) is 0 Å². The van der Waals surface area contributed by atoms with Crippen molar-refractivity contribution < 1.29 is 0 Å². The van der Waals surface area contributed by atoms with Crippen molar-refractivity contribution in [2.75, 3.05) is 7.05 Å². The SMILES string of the molecule is CNC(c1cnn(C)c1)c1cccc(Cl)c1Cl. The van der Waals surface area contributed by atoms with Crippen LogP contribution >= 0.6 is 23.2 Å². The predicted octanol–water partition coefficient (Wildman–Crippen LogP) is 3.04. The van der Waals surface area contributed by atoms with Crippen molar-refractivity contribution in [1.82, 2.24) is 15.1 Å². The van der Waals surface area contributed by atoms with Crippen molar-refractivity contribution >= 4 is 23.2 Å². The summed E-state index contributed by atoms with van der Waals surface area (Å²) in [6.45, 7) is 0. The highest BCUT2D eigenvalue weighted by atomic mass is 35.5. The van der Waals surface area contributed by atoms with E-state index in [0.29, 0.717) is 10.0 Å². The van der Waals surface area contributed by atoms with E-state index in [1.54, 1.807) is 10.7 Å². The van der Waals surface area contributed by atoms with Crippen molar-refractivity contribution in [1.29, 1.82) is 0 Å². The van der Waals surface area contributed by atoms with Gasteiger partial charge < -0.3 is 5.32 Å². The number of benzene rings is 1. The van der Waals surface area contributed by atoms with E-state index < -0.39 is 0 Å². The second-order valence-corrected chi connectivity index (χ2v) is 4.60. The van der Waals surface area contributed by atoms with Gasteiger partial charge >= 0.3 is 0 Å². The molecule has 0 aliphatic carbocycles. The second kappa shape index (κ2) is 5.08. The Kier molecular flexibility index (Phi) is 3.72. The van der Waals surface area contributed by atoms with Crippen LogP contribution in [0.4, 0.5) is 0 Å². The summed E-state index contributed by atoms with van der Waals surface area (Å²) in [7, 11) is 3.77. The number of aromatic nitrogens is 2. The number of halogens is 2. The molecule has 90 valence electrons. The predicted molar refractivity (Wildman–Crippen MR) is 70.6 cm³/mol. The Morgan fingerprint density at radius 2 is 2.12 bits per heavy atom. The summed E-state index contributed by atoms with van der Waals surface area (Å²) in [4.78, 5) is 0. The second-order valence-electron chi connectivity index (χ2n) is 3.81. The Labute approximate surface area is 110 Å². The van der Waals surface area contributed by atoms with Crippen LogP contribution < -0.4 is 5.32 Å². The molecule has 0 radical (unpaired) electrons. The third-order valence-corrected chi connectivity index (χ3v) is 3.47. The van der Waals surface area contributed by atoms with Gasteiger partial charge in [0.15, 0.2) is 0 Å². The van der Waals surface area contributed by atoms with E-state index in [2.05, 4.69) is 10.4 Å². The third-order valence-electron chi connectivity index (χ3n) is 2.64. The lowest BCUT2D eigenvalue weighted by atomic mass is 10.0. The first kappa shape index (κ1) is 12.4. The van der Waals surface area contributed by atoms with E-state index in [1.165, 1.54) is 0 Å². The zero-order valence-electron chi connectivity index (χ0n) is 9.61. The Bertz CT molecular complexity index is 522. The Morgan fingerprint density at radius 1 is 1.35 bits per heavy atom. The lowest BCUT2D eigenvalue weighted by Crippen LogP contribution is -2.17. The van der Waals surface area contributed by atoms with Crippen molar-refractivity contribution in [3.63, 3.8) is 0 Å². The lowest BCUT2D eigenvalue weighted by molar-refractivity contribution is 0.689. The fraction of sp³-hybridized carbons (Fsp3) is 0.250. The van der Waals surface area contributed by atoms with Crippen LogP contribution in [0.15, 0.2) is 30.6 Å². The summed E-state index contributed by atoms with van der Waals surface area (Å²) in [5, 5.41) is 8.53. The number of hydrogen-bond acceptors (Lipinski definition) is 2. The fourth-order valence-electron chi connectivity index (χ4n) is 1.83. The van der Waals surface area contributed by atoms with E-state index in [1.807, 2.05) is 38.6 Å². The van der Waals surface area contributed by atoms with Gasteiger partial charge in [-0.2, -0.15) is 5.10 Å². The van der Waals surface area contributed by atoms with E-state index in [4.69, 9.17) is 23.2 Å². The van der Waals surface area contributed by atoms with Crippen molar-refractivity contribution in [3.05, 3.63) is 51.8 Å². The first-order chi connectivity index (χ1) is 8.13. The summed E-state index contributed by atoms with van der Waals surface area (Å²) in [6, 6.07) is 5.63. The molecule has 0 saturated carbocycles. The van der Waals surface area contributed by atoms with Crippen LogP contribution in [0.25, 0.3) is 0 Å². The minimum absolute atomic E-state index is 0.00472. The van der Waals surface area contributed by atoms with Gasteiger partial charge in [-0.25, -0.2) is 0 Å². The summed E-state index contributed by atoms with van der Waals surface area (Å²) < 4.78 is 1.76. The molecule has 1 unspecified atom stereocenters. The number of hydrogen-bond donors (Lipinski definition) is 1. The molecular weight excluding hydrogens is 257 g/mol. The van der Waals surface area contributed by atoms with E-state index in [-0.39, 0.29) is 6.04 Å². The van der Waals surface area contributed by atoms with Gasteiger partial charge in [-0.3, -0.25) is 4.68 Å². The molecule has 0 aliphatic heterocycles. The van der Waals surface area contributed by atoms with Gasteiger partial charge in [0.25, 0.3) is 0 Å². The summed E-state index contributed by atoms with van der Waals surface area (Å²) in [5.41, 5.74) is 2.01. The van der Waals surface area contributed by atoms with Gasteiger partial charge in [0.05, 0.1) is 22.3 Å². The minimum atomic E-state index is -0.00472. The maximum absolute atomic E-state index is 6.22. The molecule has 17 heavy (non-hydrogen) atoms. The van der Waals surface area contributed by atoms with Crippen LogP contribution in [0.1, 0.15) is 17.2 Å². The van der Waals surface area contributed by atoms with Gasteiger partial charge in [0, 0.05) is 18.8 Å². The van der Waals surface area contributed by atoms with Gasteiger partial charge in [0.2, 0.25) is 0 Å². The number of aryl methyl sites for hydroxylation is 1. The molecule has 0 bridgehead atoms. The third kappa shape index (κ3) is 2.46. The maximum Gasteiger partial charge on any atom is 0.0643 e. The van der Waals surface area contributed by atoms with Crippen LogP contribution in [-0.2, 0) is 7.05 Å². The van der Waals surface area contributed by atoms with Crippen molar-refractivity contribution in [3.8, 4) is 0 Å². The Balaban J connectivity index is 2.45. The molecule has 5 heteroatoms. The molecule has 1 N–H and O–H groups in total. The molecule has 0 spiro atoms. The summed E-state index contributed by atoms with van der Waals surface area (Å²) in [6.07, 6.45) is 3.77. The zero-order chi connectivity index (χ0) is 12.4. The van der Waals surface area contributed by atoms with E-state index in [9.17, 15) is 0 Å². The number of nitrogens with one attached hydrogen (secondary N) is 1. The monoisotopic (exact) mass is 269 g/mol. The van der Waals surface area contributed by atoms with Crippen LogP contribution in [0, 0.1) is 0 Å². The highest BCUT2D eigenvalue weighted by Gasteiger charge is 2.17. The van der Waals surface area contributed by atoms with Gasteiger partial charge in [-0.15, -0.1) is 0 Å². The zero-order valence-corrected chi connectivity index (χ0v) is 11.1. The summed E-state index contributed by atoms with van der Waals surface area (Å²) >= 11 is 12.3. The van der Waals surface area contributed by atoms with Gasteiger partial charge in [-0.05, 0) is 18.7 Å².